The van der Waals surface area contributed by atoms with E-state index in [0.29, 0.717) is 6.54 Å². The molecule has 0 radical (unpaired) electrons. The van der Waals surface area contributed by atoms with E-state index in [9.17, 15) is 4.79 Å². The van der Waals surface area contributed by atoms with Gasteiger partial charge < -0.3 is 10.6 Å². The molecule has 13 heavy (non-hydrogen) atoms. The van der Waals surface area contributed by atoms with Crippen LogP contribution in [0.1, 0.15) is 40.0 Å². The lowest BCUT2D eigenvalue weighted by molar-refractivity contribution is 0.241. The third-order valence-corrected chi connectivity index (χ3v) is 1.83. The zero-order valence-corrected chi connectivity index (χ0v) is 9.02. The fourth-order valence-corrected chi connectivity index (χ4v) is 1.10. The van der Waals surface area contributed by atoms with E-state index in [-0.39, 0.29) is 6.03 Å². The Hall–Kier alpha value is -0.730. The van der Waals surface area contributed by atoms with Gasteiger partial charge in [0, 0.05) is 13.1 Å². The van der Waals surface area contributed by atoms with Crippen LogP contribution in [-0.2, 0) is 0 Å². The van der Waals surface area contributed by atoms with Crippen LogP contribution in [0.25, 0.3) is 0 Å². The summed E-state index contributed by atoms with van der Waals surface area (Å²) in [6.45, 7) is 7.84. The maximum absolute atomic E-state index is 10.9. The van der Waals surface area contributed by atoms with E-state index in [2.05, 4.69) is 24.5 Å². The summed E-state index contributed by atoms with van der Waals surface area (Å²) in [5, 5.41) is 5.50. The zero-order valence-electron chi connectivity index (χ0n) is 9.02. The molecule has 0 unspecified atom stereocenters. The summed E-state index contributed by atoms with van der Waals surface area (Å²) in [4.78, 5) is 10.9. The van der Waals surface area contributed by atoms with Gasteiger partial charge in [0.2, 0.25) is 0 Å². The molecule has 2 amide bonds. The lowest BCUT2D eigenvalue weighted by atomic mass is 10.1. The number of rotatable bonds is 6. The fraction of sp³-hybridized carbons (Fsp3) is 0.900. The van der Waals surface area contributed by atoms with Gasteiger partial charge in [0.25, 0.3) is 0 Å². The monoisotopic (exact) mass is 186 g/mol. The highest BCUT2D eigenvalue weighted by atomic mass is 16.2. The topological polar surface area (TPSA) is 41.1 Å². The minimum atomic E-state index is -0.0490. The van der Waals surface area contributed by atoms with Crippen LogP contribution in [0.2, 0.25) is 0 Å². The van der Waals surface area contributed by atoms with Crippen molar-refractivity contribution < 1.29 is 4.79 Å². The van der Waals surface area contributed by atoms with Crippen LogP contribution in [0, 0.1) is 5.92 Å². The van der Waals surface area contributed by atoms with Gasteiger partial charge in [0.15, 0.2) is 0 Å². The van der Waals surface area contributed by atoms with Crippen molar-refractivity contribution in [3.8, 4) is 0 Å². The molecule has 0 aliphatic heterocycles. The van der Waals surface area contributed by atoms with Gasteiger partial charge in [0.1, 0.15) is 0 Å². The summed E-state index contributed by atoms with van der Waals surface area (Å²) in [5.41, 5.74) is 0. The molecule has 0 bridgehead atoms. The molecule has 0 fully saturated rings. The average Bonchev–Trinajstić information content (AvgIpc) is 2.03. The maximum Gasteiger partial charge on any atom is 0.314 e. The van der Waals surface area contributed by atoms with E-state index in [1.165, 1.54) is 12.8 Å². The Balaban J connectivity index is 3.11. The van der Waals surface area contributed by atoms with Crippen LogP contribution in [-0.4, -0.2) is 19.1 Å². The van der Waals surface area contributed by atoms with Gasteiger partial charge in [0.05, 0.1) is 0 Å². The highest BCUT2D eigenvalue weighted by molar-refractivity contribution is 5.73. The molecule has 0 rings (SSSR count). The van der Waals surface area contributed by atoms with Crippen LogP contribution in [0.4, 0.5) is 4.79 Å². The predicted molar refractivity (Wildman–Crippen MR) is 55.8 cm³/mol. The Morgan fingerprint density at radius 1 is 1.23 bits per heavy atom. The second kappa shape index (κ2) is 7.90. The van der Waals surface area contributed by atoms with E-state index in [1.54, 1.807) is 0 Å². The third-order valence-electron chi connectivity index (χ3n) is 1.83. The van der Waals surface area contributed by atoms with E-state index in [4.69, 9.17) is 0 Å². The van der Waals surface area contributed by atoms with E-state index in [0.717, 1.165) is 18.9 Å². The molecule has 0 saturated carbocycles. The van der Waals surface area contributed by atoms with Crippen molar-refractivity contribution in [2.24, 2.45) is 5.92 Å². The Kier molecular flexibility index (Phi) is 7.45. The number of nitrogens with one attached hydrogen (secondary N) is 2. The summed E-state index contributed by atoms with van der Waals surface area (Å²) >= 11 is 0. The normalized spacial score (nSPS) is 10.2. The maximum atomic E-state index is 10.9. The van der Waals surface area contributed by atoms with E-state index in [1.807, 2.05) is 6.92 Å². The molecule has 78 valence electrons. The smallest absolute Gasteiger partial charge is 0.314 e. The van der Waals surface area contributed by atoms with Crippen LogP contribution < -0.4 is 10.6 Å². The number of hydrogen-bond acceptors (Lipinski definition) is 1. The quantitative estimate of drug-likeness (QED) is 0.613. The molecule has 0 spiro atoms. The van der Waals surface area contributed by atoms with Gasteiger partial charge in [-0.1, -0.05) is 26.7 Å². The first-order chi connectivity index (χ1) is 6.16. The molecule has 0 aliphatic carbocycles. The molecule has 0 aromatic carbocycles. The lowest BCUT2D eigenvalue weighted by Gasteiger charge is -2.06. The first kappa shape index (κ1) is 12.3. The van der Waals surface area contributed by atoms with Crippen molar-refractivity contribution in [1.82, 2.24) is 10.6 Å². The van der Waals surface area contributed by atoms with E-state index < -0.39 is 0 Å². The summed E-state index contributed by atoms with van der Waals surface area (Å²) in [6.07, 6.45) is 3.52. The van der Waals surface area contributed by atoms with Gasteiger partial charge in [-0.25, -0.2) is 4.79 Å². The van der Waals surface area contributed by atoms with Gasteiger partial charge in [-0.15, -0.1) is 0 Å². The molecule has 0 aliphatic rings. The third kappa shape index (κ3) is 9.18. The van der Waals surface area contributed by atoms with E-state index >= 15 is 0 Å². The molecule has 3 heteroatoms. The first-order valence-electron chi connectivity index (χ1n) is 5.18. The molecular weight excluding hydrogens is 164 g/mol. The highest BCUT2D eigenvalue weighted by Crippen LogP contribution is 2.04. The Morgan fingerprint density at radius 2 is 1.92 bits per heavy atom. The van der Waals surface area contributed by atoms with Gasteiger partial charge in [-0.3, -0.25) is 0 Å². The van der Waals surface area contributed by atoms with Crippen LogP contribution in [0.3, 0.4) is 0 Å². The number of amides is 2. The van der Waals surface area contributed by atoms with Crippen molar-refractivity contribution >= 4 is 6.03 Å². The molecule has 0 atom stereocenters. The highest BCUT2D eigenvalue weighted by Gasteiger charge is 1.97. The number of hydrogen-bond donors (Lipinski definition) is 2. The molecule has 3 nitrogen and oxygen atoms in total. The number of carbonyl (C=O) groups excluding carboxylic acids is 1. The zero-order chi connectivity index (χ0) is 10.1. The Morgan fingerprint density at radius 3 is 2.46 bits per heavy atom. The largest absolute Gasteiger partial charge is 0.338 e. The van der Waals surface area contributed by atoms with Gasteiger partial charge in [-0.05, 0) is 19.3 Å². The van der Waals surface area contributed by atoms with Crippen LogP contribution in [0.5, 0.6) is 0 Å². The summed E-state index contributed by atoms with van der Waals surface area (Å²) in [7, 11) is 0. The summed E-state index contributed by atoms with van der Waals surface area (Å²) < 4.78 is 0. The standard InChI is InChI=1S/C10H22N2O/c1-4-11-10(13)12-8-6-5-7-9(2)3/h9H,4-8H2,1-3H3,(H2,11,12,13). The second-order valence-electron chi connectivity index (χ2n) is 3.68. The Bertz CT molecular complexity index is 135. The molecule has 2 N–H and O–H groups in total. The average molecular weight is 186 g/mol. The summed E-state index contributed by atoms with van der Waals surface area (Å²) in [6, 6.07) is -0.0490. The number of carbonyl (C=O) groups is 1. The molecule has 0 saturated heterocycles. The fourth-order valence-electron chi connectivity index (χ4n) is 1.10. The number of unbranched alkanes of at least 4 members (excludes halogenated alkanes) is 1. The van der Waals surface area contributed by atoms with Crippen molar-refractivity contribution in [1.29, 1.82) is 0 Å². The van der Waals surface area contributed by atoms with Crippen molar-refractivity contribution in [2.45, 2.75) is 40.0 Å². The number of urea groups is 1. The predicted octanol–water partition coefficient (Wildman–Crippen LogP) is 2.13. The SMILES string of the molecule is CCNC(=O)NCCCCC(C)C. The van der Waals surface area contributed by atoms with Gasteiger partial charge in [-0.2, -0.15) is 0 Å². The molecule has 0 aromatic rings. The Labute approximate surface area is 81.3 Å². The minimum Gasteiger partial charge on any atom is -0.338 e. The molecule has 0 aromatic heterocycles. The van der Waals surface area contributed by atoms with Gasteiger partial charge >= 0.3 is 6.03 Å². The summed E-state index contributed by atoms with van der Waals surface area (Å²) in [5.74, 6) is 0.768. The lowest BCUT2D eigenvalue weighted by Crippen LogP contribution is -2.35. The van der Waals surface area contributed by atoms with Crippen LogP contribution in [0.15, 0.2) is 0 Å². The van der Waals surface area contributed by atoms with Crippen LogP contribution >= 0.6 is 0 Å². The minimum absolute atomic E-state index is 0.0490. The second-order valence-corrected chi connectivity index (χ2v) is 3.68. The molecular formula is C10H22N2O. The van der Waals surface area contributed by atoms with Crippen molar-refractivity contribution in [3.63, 3.8) is 0 Å². The van der Waals surface area contributed by atoms with Crippen molar-refractivity contribution in [3.05, 3.63) is 0 Å². The van der Waals surface area contributed by atoms with Crippen molar-refractivity contribution in [2.75, 3.05) is 13.1 Å². The molecule has 0 heterocycles. The first-order valence-corrected chi connectivity index (χ1v) is 5.18.